The average Bonchev–Trinajstić information content (AvgIpc) is 2.94. The van der Waals surface area contributed by atoms with Gasteiger partial charge in [0.2, 0.25) is 5.91 Å². The largest absolute Gasteiger partial charge is 0.355 e. The molecule has 0 aromatic heterocycles. The van der Waals surface area contributed by atoms with Crippen LogP contribution >= 0.6 is 0 Å². The Hall–Kier alpha value is -1.53. The van der Waals surface area contributed by atoms with E-state index in [-0.39, 0.29) is 30.8 Å². The highest BCUT2D eigenvalue weighted by Gasteiger charge is 2.42. The normalized spacial score (nSPS) is 29.5. The van der Waals surface area contributed by atoms with E-state index in [1.165, 1.54) is 5.56 Å². The van der Waals surface area contributed by atoms with Crippen LogP contribution in [0.3, 0.4) is 0 Å². The van der Waals surface area contributed by atoms with Gasteiger partial charge in [-0.05, 0) is 24.4 Å². The molecule has 0 bridgehead atoms. The number of piperidine rings is 1. The molecule has 0 aliphatic carbocycles. The number of rotatable bonds is 5. The molecule has 138 valence electrons. The van der Waals surface area contributed by atoms with E-state index in [2.05, 4.69) is 34.6 Å². The van der Waals surface area contributed by atoms with E-state index in [4.69, 9.17) is 0 Å². The number of hydrogen-bond donors (Lipinski definition) is 2. The van der Waals surface area contributed by atoms with Crippen molar-refractivity contribution in [3.05, 3.63) is 35.9 Å². The Kier molecular flexibility index (Phi) is 5.69. The Morgan fingerprint density at radius 3 is 2.80 bits per heavy atom. The van der Waals surface area contributed by atoms with Gasteiger partial charge in [0.15, 0.2) is 0 Å². The standard InChI is InChI=1S/C19H27F2N3O/c1-14-10-24(11-15-5-3-2-4-6-15)12-17(14)18(25)23-9-16-7-8-22-13-19(16,20)21/h2-6,14,16-17,22H,7-13H2,1H3,(H,23,25). The van der Waals surface area contributed by atoms with Gasteiger partial charge in [0.05, 0.1) is 12.5 Å². The van der Waals surface area contributed by atoms with Gasteiger partial charge in [-0.25, -0.2) is 8.78 Å². The molecule has 4 nitrogen and oxygen atoms in total. The van der Waals surface area contributed by atoms with Gasteiger partial charge in [0, 0.05) is 32.1 Å². The first-order valence-corrected chi connectivity index (χ1v) is 9.08. The molecule has 2 fully saturated rings. The summed E-state index contributed by atoms with van der Waals surface area (Å²) in [7, 11) is 0. The van der Waals surface area contributed by atoms with Gasteiger partial charge in [-0.15, -0.1) is 0 Å². The van der Waals surface area contributed by atoms with Crippen molar-refractivity contribution in [1.82, 2.24) is 15.5 Å². The first kappa shape index (κ1) is 18.3. The molecule has 0 saturated carbocycles. The first-order valence-electron chi connectivity index (χ1n) is 9.08. The van der Waals surface area contributed by atoms with Crippen LogP contribution in [0.1, 0.15) is 18.9 Å². The van der Waals surface area contributed by atoms with E-state index in [0.29, 0.717) is 19.5 Å². The van der Waals surface area contributed by atoms with Gasteiger partial charge in [0.25, 0.3) is 5.92 Å². The highest BCUT2D eigenvalue weighted by molar-refractivity contribution is 5.79. The molecule has 2 saturated heterocycles. The van der Waals surface area contributed by atoms with Crippen molar-refractivity contribution in [3.63, 3.8) is 0 Å². The minimum atomic E-state index is -2.74. The molecule has 1 aromatic rings. The van der Waals surface area contributed by atoms with E-state index < -0.39 is 11.8 Å². The molecular weight excluding hydrogens is 324 g/mol. The Bertz CT molecular complexity index is 581. The molecule has 1 aromatic carbocycles. The number of nitrogens with one attached hydrogen (secondary N) is 2. The highest BCUT2D eigenvalue weighted by Crippen LogP contribution is 2.29. The van der Waals surface area contributed by atoms with Crippen LogP contribution in [0.5, 0.6) is 0 Å². The summed E-state index contributed by atoms with van der Waals surface area (Å²) >= 11 is 0. The Balaban J connectivity index is 1.50. The summed E-state index contributed by atoms with van der Waals surface area (Å²) in [5.41, 5.74) is 1.23. The molecule has 0 radical (unpaired) electrons. The maximum Gasteiger partial charge on any atom is 0.264 e. The second-order valence-electron chi connectivity index (χ2n) is 7.43. The van der Waals surface area contributed by atoms with Gasteiger partial charge in [-0.2, -0.15) is 0 Å². The summed E-state index contributed by atoms with van der Waals surface area (Å²) in [6.07, 6.45) is 0.396. The molecule has 3 atom stereocenters. The first-order chi connectivity index (χ1) is 12.0. The van der Waals surface area contributed by atoms with Crippen LogP contribution in [0.2, 0.25) is 0 Å². The van der Waals surface area contributed by atoms with Gasteiger partial charge < -0.3 is 10.6 Å². The number of halogens is 2. The van der Waals surface area contributed by atoms with E-state index in [0.717, 1.165) is 13.1 Å². The fourth-order valence-electron chi connectivity index (χ4n) is 3.87. The molecule has 3 rings (SSSR count). The number of likely N-dealkylation sites (tertiary alicyclic amines) is 1. The zero-order valence-corrected chi connectivity index (χ0v) is 14.7. The average molecular weight is 351 g/mol. The molecule has 2 heterocycles. The molecule has 2 aliphatic rings. The predicted octanol–water partition coefficient (Wildman–Crippen LogP) is 2.12. The Morgan fingerprint density at radius 2 is 2.08 bits per heavy atom. The van der Waals surface area contributed by atoms with Gasteiger partial charge in [-0.1, -0.05) is 37.3 Å². The fourth-order valence-corrected chi connectivity index (χ4v) is 3.87. The van der Waals surface area contributed by atoms with Gasteiger partial charge >= 0.3 is 0 Å². The molecule has 2 N–H and O–H groups in total. The maximum absolute atomic E-state index is 13.9. The lowest BCUT2D eigenvalue weighted by Gasteiger charge is -2.32. The Labute approximate surface area is 148 Å². The van der Waals surface area contributed by atoms with Crippen molar-refractivity contribution in [1.29, 1.82) is 0 Å². The van der Waals surface area contributed by atoms with Crippen molar-refractivity contribution in [2.75, 3.05) is 32.7 Å². The van der Waals surface area contributed by atoms with Crippen molar-refractivity contribution < 1.29 is 13.6 Å². The van der Waals surface area contributed by atoms with Gasteiger partial charge in [-0.3, -0.25) is 9.69 Å². The summed E-state index contributed by atoms with van der Waals surface area (Å²) in [6, 6.07) is 10.2. The zero-order chi connectivity index (χ0) is 17.9. The Morgan fingerprint density at radius 1 is 1.32 bits per heavy atom. The maximum atomic E-state index is 13.9. The van der Waals surface area contributed by atoms with E-state index in [9.17, 15) is 13.6 Å². The van der Waals surface area contributed by atoms with Crippen LogP contribution in [0.4, 0.5) is 8.78 Å². The lowest BCUT2D eigenvalue weighted by molar-refractivity contribution is -0.127. The van der Waals surface area contributed by atoms with E-state index >= 15 is 0 Å². The van der Waals surface area contributed by atoms with Crippen LogP contribution in [-0.4, -0.2) is 49.5 Å². The number of alkyl halides is 2. The number of hydrogen-bond acceptors (Lipinski definition) is 3. The number of nitrogens with zero attached hydrogens (tertiary/aromatic N) is 1. The second-order valence-corrected chi connectivity index (χ2v) is 7.43. The molecule has 25 heavy (non-hydrogen) atoms. The minimum Gasteiger partial charge on any atom is -0.355 e. The zero-order valence-electron chi connectivity index (χ0n) is 14.7. The SMILES string of the molecule is CC1CN(Cc2ccccc2)CC1C(=O)NCC1CCNCC1(F)F. The lowest BCUT2D eigenvalue weighted by atomic mass is 9.93. The smallest absolute Gasteiger partial charge is 0.264 e. The topological polar surface area (TPSA) is 44.4 Å². The number of carbonyl (C=O) groups is 1. The summed E-state index contributed by atoms with van der Waals surface area (Å²) < 4.78 is 27.7. The second kappa shape index (κ2) is 7.79. The van der Waals surface area contributed by atoms with E-state index in [1.54, 1.807) is 0 Å². The molecule has 1 amide bonds. The highest BCUT2D eigenvalue weighted by atomic mass is 19.3. The molecule has 2 aliphatic heterocycles. The van der Waals surface area contributed by atoms with Crippen molar-refractivity contribution in [3.8, 4) is 0 Å². The number of carbonyl (C=O) groups excluding carboxylic acids is 1. The number of amides is 1. The third kappa shape index (κ3) is 4.55. The number of benzene rings is 1. The van der Waals surface area contributed by atoms with Crippen LogP contribution in [-0.2, 0) is 11.3 Å². The molecular formula is C19H27F2N3O. The van der Waals surface area contributed by atoms with Crippen molar-refractivity contribution >= 4 is 5.91 Å². The van der Waals surface area contributed by atoms with Crippen molar-refractivity contribution in [2.24, 2.45) is 17.8 Å². The lowest BCUT2D eigenvalue weighted by Crippen LogP contribution is -2.50. The monoisotopic (exact) mass is 351 g/mol. The molecule has 3 unspecified atom stereocenters. The summed E-state index contributed by atoms with van der Waals surface area (Å²) in [5, 5.41) is 5.51. The van der Waals surface area contributed by atoms with Crippen LogP contribution < -0.4 is 10.6 Å². The molecule has 6 heteroatoms. The fraction of sp³-hybridized carbons (Fsp3) is 0.632. The summed E-state index contributed by atoms with van der Waals surface area (Å²) in [4.78, 5) is 14.8. The van der Waals surface area contributed by atoms with Crippen molar-refractivity contribution in [2.45, 2.75) is 25.8 Å². The summed E-state index contributed by atoms with van der Waals surface area (Å²) in [6.45, 7) is 4.78. The predicted molar refractivity (Wildman–Crippen MR) is 93.3 cm³/mol. The minimum absolute atomic E-state index is 0.0649. The quantitative estimate of drug-likeness (QED) is 0.854. The third-order valence-corrected chi connectivity index (χ3v) is 5.42. The van der Waals surface area contributed by atoms with Crippen LogP contribution in [0, 0.1) is 17.8 Å². The summed E-state index contributed by atoms with van der Waals surface area (Å²) in [5.74, 6) is -3.49. The van der Waals surface area contributed by atoms with Crippen LogP contribution in [0.25, 0.3) is 0 Å². The van der Waals surface area contributed by atoms with Gasteiger partial charge in [0.1, 0.15) is 0 Å². The van der Waals surface area contributed by atoms with Crippen LogP contribution in [0.15, 0.2) is 30.3 Å². The van der Waals surface area contributed by atoms with E-state index in [1.807, 2.05) is 18.2 Å². The molecule has 0 spiro atoms. The third-order valence-electron chi connectivity index (χ3n) is 5.42.